The SMILES string of the molecule is COc1ccc(C#Cc2ccc(NC(=N)N)cc2N/N=N/c2ccc(C(N)N)cc2)cc1. The average Bonchev–Trinajstić information content (AvgIpc) is 2.79. The number of nitrogens with one attached hydrogen (secondary N) is 3. The van der Waals surface area contributed by atoms with Crippen molar-refractivity contribution in [2.45, 2.75) is 6.17 Å². The van der Waals surface area contributed by atoms with Crippen LogP contribution >= 0.6 is 0 Å². The quantitative estimate of drug-likeness (QED) is 0.0880. The molecule has 0 fully saturated rings. The minimum Gasteiger partial charge on any atom is -0.497 e. The molecule has 0 aliphatic rings. The molecule has 9 heteroatoms. The summed E-state index contributed by atoms with van der Waals surface area (Å²) < 4.78 is 5.17. The second-order valence-corrected chi connectivity index (χ2v) is 6.71. The van der Waals surface area contributed by atoms with E-state index in [9.17, 15) is 0 Å². The van der Waals surface area contributed by atoms with Crippen molar-refractivity contribution in [1.29, 1.82) is 5.41 Å². The number of guanidine groups is 1. The Morgan fingerprint density at radius 3 is 2.34 bits per heavy atom. The fraction of sp³-hybridized carbons (Fsp3) is 0.0870. The van der Waals surface area contributed by atoms with Crippen molar-refractivity contribution in [2.75, 3.05) is 17.9 Å². The summed E-state index contributed by atoms with van der Waals surface area (Å²) in [5.41, 5.74) is 23.8. The van der Waals surface area contributed by atoms with Crippen LogP contribution in [0.4, 0.5) is 17.1 Å². The van der Waals surface area contributed by atoms with Crippen LogP contribution in [0.1, 0.15) is 22.9 Å². The lowest BCUT2D eigenvalue weighted by Crippen LogP contribution is -2.20. The molecule has 162 valence electrons. The Bertz CT molecular complexity index is 1160. The number of nitrogens with two attached hydrogens (primary N) is 3. The molecule has 0 bridgehead atoms. The van der Waals surface area contributed by atoms with Gasteiger partial charge in [-0.15, -0.1) is 5.11 Å². The van der Waals surface area contributed by atoms with E-state index in [0.29, 0.717) is 22.6 Å². The normalized spacial score (nSPS) is 10.5. The number of rotatable bonds is 6. The Morgan fingerprint density at radius 1 is 1.00 bits per heavy atom. The molecule has 0 saturated carbocycles. The van der Waals surface area contributed by atoms with Crippen molar-refractivity contribution < 1.29 is 4.74 Å². The van der Waals surface area contributed by atoms with Crippen molar-refractivity contribution in [3.05, 3.63) is 83.4 Å². The smallest absolute Gasteiger partial charge is 0.190 e. The Balaban J connectivity index is 1.83. The third-order valence-electron chi connectivity index (χ3n) is 4.34. The molecule has 0 radical (unpaired) electrons. The molecule has 3 aromatic carbocycles. The molecule has 0 aromatic heterocycles. The van der Waals surface area contributed by atoms with Crippen LogP contribution in [-0.4, -0.2) is 13.1 Å². The zero-order valence-electron chi connectivity index (χ0n) is 17.5. The minimum atomic E-state index is -0.539. The third-order valence-corrected chi connectivity index (χ3v) is 4.34. The van der Waals surface area contributed by atoms with Crippen LogP contribution in [0.5, 0.6) is 5.75 Å². The van der Waals surface area contributed by atoms with E-state index in [1.54, 1.807) is 49.6 Å². The molecule has 0 aliphatic carbocycles. The first-order valence-corrected chi connectivity index (χ1v) is 9.63. The molecule has 3 rings (SSSR count). The lowest BCUT2D eigenvalue weighted by atomic mass is 10.1. The monoisotopic (exact) mass is 428 g/mol. The van der Waals surface area contributed by atoms with E-state index < -0.39 is 6.17 Å². The largest absolute Gasteiger partial charge is 0.497 e. The number of hydrogen-bond acceptors (Lipinski definition) is 6. The van der Waals surface area contributed by atoms with Crippen LogP contribution in [-0.2, 0) is 0 Å². The van der Waals surface area contributed by atoms with Crippen molar-refractivity contribution >= 4 is 23.0 Å². The molecule has 0 unspecified atom stereocenters. The summed E-state index contributed by atoms with van der Waals surface area (Å²) in [4.78, 5) is 0. The first-order chi connectivity index (χ1) is 15.4. The lowest BCUT2D eigenvalue weighted by Gasteiger charge is -2.08. The second kappa shape index (κ2) is 10.6. The highest BCUT2D eigenvalue weighted by Crippen LogP contribution is 2.22. The van der Waals surface area contributed by atoms with Crippen molar-refractivity contribution in [1.82, 2.24) is 0 Å². The van der Waals surface area contributed by atoms with Gasteiger partial charge in [0.1, 0.15) is 5.75 Å². The molecule has 0 spiro atoms. The van der Waals surface area contributed by atoms with Gasteiger partial charge in [-0.3, -0.25) is 10.8 Å². The summed E-state index contributed by atoms with van der Waals surface area (Å²) in [7, 11) is 1.62. The summed E-state index contributed by atoms with van der Waals surface area (Å²) in [6.07, 6.45) is -0.539. The zero-order valence-corrected chi connectivity index (χ0v) is 17.5. The van der Waals surface area contributed by atoms with Crippen molar-refractivity contribution in [3.8, 4) is 17.6 Å². The molecule has 0 saturated heterocycles. The fourth-order valence-electron chi connectivity index (χ4n) is 2.69. The Hall–Kier alpha value is -4.39. The number of benzene rings is 3. The maximum Gasteiger partial charge on any atom is 0.190 e. The van der Waals surface area contributed by atoms with Gasteiger partial charge in [-0.25, -0.2) is 0 Å². The van der Waals surface area contributed by atoms with Crippen LogP contribution in [0.2, 0.25) is 0 Å². The van der Waals surface area contributed by atoms with E-state index in [4.69, 9.17) is 27.3 Å². The summed E-state index contributed by atoms with van der Waals surface area (Å²) in [5.74, 6) is 6.82. The Kier molecular flexibility index (Phi) is 7.37. The summed E-state index contributed by atoms with van der Waals surface area (Å²) in [5, 5.41) is 18.4. The molecule has 0 heterocycles. The van der Waals surface area contributed by atoms with Gasteiger partial charge < -0.3 is 27.3 Å². The molecule has 9 N–H and O–H groups in total. The molecule has 0 aliphatic heterocycles. The van der Waals surface area contributed by atoms with Gasteiger partial charge in [0.25, 0.3) is 0 Å². The molecule has 0 atom stereocenters. The highest BCUT2D eigenvalue weighted by Gasteiger charge is 2.04. The molecular formula is C23H24N8O. The van der Waals surface area contributed by atoms with Gasteiger partial charge in [0.05, 0.1) is 30.2 Å². The van der Waals surface area contributed by atoms with Crippen molar-refractivity contribution in [2.24, 2.45) is 27.5 Å². The standard InChI is InChI=1S/C23H24N8O/c1-32-20-12-3-15(4-13-20)2-5-16-6-11-19(28-23(26)27)14-21(16)30-31-29-18-9-7-17(8-10-18)22(24)25/h3-4,6-14,22H,24-25H2,1H3,(H,29,30)(H4,26,27,28). The topological polar surface area (TPSA) is 160 Å². The van der Waals surface area contributed by atoms with Crippen LogP contribution in [0.3, 0.4) is 0 Å². The molecule has 3 aromatic rings. The number of methoxy groups -OCH3 is 1. The average molecular weight is 429 g/mol. The maximum atomic E-state index is 7.43. The molecule has 0 amide bonds. The zero-order chi connectivity index (χ0) is 22.9. The third kappa shape index (κ3) is 6.30. The second-order valence-electron chi connectivity index (χ2n) is 6.71. The van der Waals surface area contributed by atoms with Crippen LogP contribution in [0.25, 0.3) is 0 Å². The lowest BCUT2D eigenvalue weighted by molar-refractivity contribution is 0.415. The van der Waals surface area contributed by atoms with Gasteiger partial charge in [0.2, 0.25) is 0 Å². The predicted molar refractivity (Wildman–Crippen MR) is 127 cm³/mol. The van der Waals surface area contributed by atoms with Gasteiger partial charge in [-0.2, -0.15) is 0 Å². The first-order valence-electron chi connectivity index (χ1n) is 9.63. The van der Waals surface area contributed by atoms with E-state index in [0.717, 1.165) is 16.9 Å². The summed E-state index contributed by atoms with van der Waals surface area (Å²) >= 11 is 0. The molecule has 9 nitrogen and oxygen atoms in total. The highest BCUT2D eigenvalue weighted by atomic mass is 16.5. The number of nitrogens with zero attached hydrogens (tertiary/aromatic N) is 2. The van der Waals surface area contributed by atoms with E-state index in [1.807, 2.05) is 24.3 Å². The van der Waals surface area contributed by atoms with E-state index in [1.165, 1.54) is 0 Å². The molecule has 32 heavy (non-hydrogen) atoms. The van der Waals surface area contributed by atoms with Crippen LogP contribution in [0.15, 0.2) is 77.1 Å². The summed E-state index contributed by atoms with van der Waals surface area (Å²) in [6.45, 7) is 0. The maximum absolute atomic E-state index is 7.43. The van der Waals surface area contributed by atoms with E-state index in [-0.39, 0.29) is 5.96 Å². The minimum absolute atomic E-state index is 0.173. The van der Waals surface area contributed by atoms with Gasteiger partial charge in [0, 0.05) is 11.3 Å². The number of anilines is 2. The Labute approximate surface area is 186 Å². The van der Waals surface area contributed by atoms with E-state index >= 15 is 0 Å². The van der Waals surface area contributed by atoms with Crippen LogP contribution in [0, 0.1) is 17.3 Å². The van der Waals surface area contributed by atoms with Crippen LogP contribution < -0.4 is 32.7 Å². The van der Waals surface area contributed by atoms with Gasteiger partial charge in [0.15, 0.2) is 5.96 Å². The number of ether oxygens (including phenoxy) is 1. The van der Waals surface area contributed by atoms with Crippen molar-refractivity contribution in [3.63, 3.8) is 0 Å². The summed E-state index contributed by atoms with van der Waals surface area (Å²) in [6, 6.07) is 19.9. The van der Waals surface area contributed by atoms with Gasteiger partial charge in [-0.05, 0) is 60.2 Å². The Morgan fingerprint density at radius 2 is 1.72 bits per heavy atom. The fourth-order valence-corrected chi connectivity index (χ4v) is 2.69. The number of hydrogen-bond donors (Lipinski definition) is 6. The molecular weight excluding hydrogens is 404 g/mol. The highest BCUT2D eigenvalue weighted by molar-refractivity contribution is 5.90. The van der Waals surface area contributed by atoms with Gasteiger partial charge >= 0.3 is 0 Å². The van der Waals surface area contributed by atoms with Gasteiger partial charge in [-0.1, -0.05) is 29.2 Å². The first kappa shape index (κ1) is 22.3. The van der Waals surface area contributed by atoms with E-state index in [2.05, 4.69) is 32.9 Å². The predicted octanol–water partition coefficient (Wildman–Crippen LogP) is 3.43.